The summed E-state index contributed by atoms with van der Waals surface area (Å²) in [7, 11) is 0. The van der Waals surface area contributed by atoms with Crippen molar-refractivity contribution < 1.29 is 14.3 Å². The third-order valence-corrected chi connectivity index (χ3v) is 7.93. The molecule has 0 radical (unpaired) electrons. The van der Waals surface area contributed by atoms with Gasteiger partial charge in [0.1, 0.15) is 22.9 Å². The summed E-state index contributed by atoms with van der Waals surface area (Å²) in [6.45, 7) is 3.49. The highest BCUT2D eigenvalue weighted by Crippen LogP contribution is 2.43. The molecular formula is C31H30N6O3. The number of benzene rings is 1. The predicted molar refractivity (Wildman–Crippen MR) is 150 cm³/mol. The Morgan fingerprint density at radius 1 is 1.10 bits per heavy atom. The van der Waals surface area contributed by atoms with Crippen LogP contribution in [-0.2, 0) is 16.0 Å². The van der Waals surface area contributed by atoms with Gasteiger partial charge >= 0.3 is 0 Å². The number of ether oxygens (including phenoxy) is 1. The van der Waals surface area contributed by atoms with Crippen molar-refractivity contribution in [3.8, 4) is 23.1 Å². The minimum absolute atomic E-state index is 0.00436. The molecule has 1 atom stereocenters. The maximum Gasteiger partial charge on any atom is 0.298 e. The van der Waals surface area contributed by atoms with E-state index in [9.17, 15) is 9.59 Å². The SMILES string of the molecule is CC#CC(=O)N1CCC2(CC1)CC(c1nc(-c3ccc(C(=O)Cc4ccccn4)cc3)c3c(N)nccn13)CO2. The number of carbonyl (C=O) groups is 2. The molecule has 2 aliphatic heterocycles. The minimum atomic E-state index is -0.277. The van der Waals surface area contributed by atoms with E-state index in [0.717, 1.165) is 47.6 Å². The number of piperidine rings is 1. The van der Waals surface area contributed by atoms with Crippen LogP contribution in [0.1, 0.15) is 54.0 Å². The normalized spacial score (nSPS) is 18.0. The molecule has 2 aliphatic rings. The van der Waals surface area contributed by atoms with Gasteiger partial charge in [-0.1, -0.05) is 36.3 Å². The first-order chi connectivity index (χ1) is 19.5. The van der Waals surface area contributed by atoms with E-state index >= 15 is 0 Å². The molecule has 0 bridgehead atoms. The molecule has 2 saturated heterocycles. The van der Waals surface area contributed by atoms with Gasteiger partial charge in [-0.25, -0.2) is 9.97 Å². The number of imidazole rings is 1. The van der Waals surface area contributed by atoms with E-state index in [1.165, 1.54) is 0 Å². The molecule has 1 spiro atoms. The van der Waals surface area contributed by atoms with Crippen LogP contribution >= 0.6 is 0 Å². The van der Waals surface area contributed by atoms with Crippen molar-refractivity contribution in [2.75, 3.05) is 25.4 Å². The van der Waals surface area contributed by atoms with Gasteiger partial charge in [0, 0.05) is 54.4 Å². The van der Waals surface area contributed by atoms with Crippen molar-refractivity contribution in [3.63, 3.8) is 0 Å². The lowest BCUT2D eigenvalue weighted by molar-refractivity contribution is -0.129. The maximum absolute atomic E-state index is 12.8. The number of nitrogen functional groups attached to an aromatic ring is 1. The number of hydrogen-bond acceptors (Lipinski definition) is 7. The molecule has 5 heterocycles. The Morgan fingerprint density at radius 3 is 2.62 bits per heavy atom. The molecule has 2 fully saturated rings. The molecule has 9 nitrogen and oxygen atoms in total. The molecule has 3 aromatic heterocycles. The summed E-state index contributed by atoms with van der Waals surface area (Å²) in [5, 5.41) is 0. The van der Waals surface area contributed by atoms with Crippen LogP contribution < -0.4 is 5.73 Å². The van der Waals surface area contributed by atoms with Crippen molar-refractivity contribution in [1.82, 2.24) is 24.3 Å². The highest BCUT2D eigenvalue weighted by atomic mass is 16.5. The number of fused-ring (bicyclic) bond motifs is 1. The highest BCUT2D eigenvalue weighted by Gasteiger charge is 2.45. The number of carbonyl (C=O) groups excluding carboxylic acids is 2. The van der Waals surface area contributed by atoms with Gasteiger partial charge in [-0.2, -0.15) is 0 Å². The lowest BCUT2D eigenvalue weighted by Gasteiger charge is -2.37. The second-order valence-corrected chi connectivity index (χ2v) is 10.4. The van der Waals surface area contributed by atoms with Crippen LogP contribution in [-0.4, -0.2) is 61.2 Å². The van der Waals surface area contributed by atoms with E-state index in [0.29, 0.717) is 31.1 Å². The molecule has 0 aliphatic carbocycles. The molecule has 1 aromatic carbocycles. The summed E-state index contributed by atoms with van der Waals surface area (Å²) in [6, 6.07) is 13.0. The van der Waals surface area contributed by atoms with Crippen molar-refractivity contribution in [3.05, 3.63) is 78.1 Å². The molecule has 4 aromatic rings. The third kappa shape index (κ3) is 4.82. The average molecular weight is 535 g/mol. The number of likely N-dealkylation sites (tertiary alicyclic amines) is 1. The number of nitrogens with two attached hydrogens (primary N) is 1. The second-order valence-electron chi connectivity index (χ2n) is 10.4. The van der Waals surface area contributed by atoms with Crippen LogP contribution in [0.4, 0.5) is 5.82 Å². The van der Waals surface area contributed by atoms with Gasteiger partial charge in [0.05, 0.1) is 18.6 Å². The average Bonchev–Trinajstić information content (AvgIpc) is 3.57. The Bertz CT molecular complexity index is 1630. The van der Waals surface area contributed by atoms with Crippen LogP contribution in [0.25, 0.3) is 16.8 Å². The summed E-state index contributed by atoms with van der Waals surface area (Å²) in [6.07, 6.45) is 7.86. The number of anilines is 1. The molecule has 6 rings (SSSR count). The first-order valence-corrected chi connectivity index (χ1v) is 13.5. The number of Topliss-reactive ketones (excluding diaryl/α,β-unsaturated/α-hetero) is 1. The summed E-state index contributed by atoms with van der Waals surface area (Å²) >= 11 is 0. The molecule has 1 amide bonds. The third-order valence-electron chi connectivity index (χ3n) is 7.93. The second kappa shape index (κ2) is 10.5. The largest absolute Gasteiger partial charge is 0.382 e. The molecule has 9 heteroatoms. The fraction of sp³-hybridized carbons (Fsp3) is 0.323. The number of ketones is 1. The van der Waals surface area contributed by atoms with E-state index < -0.39 is 0 Å². The number of rotatable bonds is 5. The van der Waals surface area contributed by atoms with E-state index in [4.69, 9.17) is 15.5 Å². The standard InChI is InChI=1S/C31H30N6O3/c1-2-5-26(39)36-15-11-31(12-16-36)19-23(20-40-31)30-35-27(28-29(32)34-14-17-37(28)30)22-9-7-21(8-10-22)25(38)18-24-6-3-4-13-33-24/h3-4,6-10,13-14,17,23H,11-12,15-16,18-20H2,1H3,(H2,32,34). The zero-order valence-electron chi connectivity index (χ0n) is 22.3. The smallest absolute Gasteiger partial charge is 0.298 e. The molecular weight excluding hydrogens is 504 g/mol. The van der Waals surface area contributed by atoms with Crippen LogP contribution in [0.15, 0.2) is 61.1 Å². The van der Waals surface area contributed by atoms with Gasteiger partial charge < -0.3 is 15.4 Å². The Morgan fingerprint density at radius 2 is 1.90 bits per heavy atom. The van der Waals surface area contributed by atoms with E-state index in [-0.39, 0.29) is 29.6 Å². The van der Waals surface area contributed by atoms with Crippen molar-refractivity contribution in [1.29, 1.82) is 0 Å². The number of nitrogens with zero attached hydrogens (tertiary/aromatic N) is 5. The van der Waals surface area contributed by atoms with Gasteiger partial charge in [0.25, 0.3) is 5.91 Å². The number of aromatic nitrogens is 4. The fourth-order valence-electron chi connectivity index (χ4n) is 5.82. The Kier molecular flexibility index (Phi) is 6.78. The number of pyridine rings is 1. The van der Waals surface area contributed by atoms with Crippen LogP contribution in [0.2, 0.25) is 0 Å². The quantitative estimate of drug-likeness (QED) is 0.307. The van der Waals surface area contributed by atoms with E-state index in [1.807, 2.05) is 53.1 Å². The van der Waals surface area contributed by atoms with Crippen molar-refractivity contribution in [2.45, 2.75) is 44.1 Å². The first kappa shape index (κ1) is 25.7. The van der Waals surface area contributed by atoms with Crippen LogP contribution in [0.3, 0.4) is 0 Å². The highest BCUT2D eigenvalue weighted by molar-refractivity contribution is 5.98. The molecule has 1 unspecified atom stereocenters. The van der Waals surface area contributed by atoms with E-state index in [1.54, 1.807) is 24.2 Å². The fourth-order valence-corrected chi connectivity index (χ4v) is 5.82. The van der Waals surface area contributed by atoms with Crippen LogP contribution in [0, 0.1) is 11.8 Å². The topological polar surface area (TPSA) is 116 Å². The van der Waals surface area contributed by atoms with Gasteiger partial charge in [-0.3, -0.25) is 19.0 Å². The Hall–Kier alpha value is -4.55. The predicted octanol–water partition coefficient (Wildman–Crippen LogP) is 3.69. The zero-order valence-corrected chi connectivity index (χ0v) is 22.3. The molecule has 0 saturated carbocycles. The number of hydrogen-bond donors (Lipinski definition) is 1. The Labute approximate surface area is 232 Å². The van der Waals surface area contributed by atoms with Crippen LogP contribution in [0.5, 0.6) is 0 Å². The van der Waals surface area contributed by atoms with Crippen molar-refractivity contribution >= 4 is 23.0 Å². The zero-order chi connectivity index (χ0) is 27.7. The van der Waals surface area contributed by atoms with Gasteiger partial charge in [-0.15, -0.1) is 0 Å². The van der Waals surface area contributed by atoms with Gasteiger partial charge in [-0.05, 0) is 44.2 Å². The summed E-state index contributed by atoms with van der Waals surface area (Å²) in [5.41, 5.74) is 9.76. The summed E-state index contributed by atoms with van der Waals surface area (Å²) in [4.78, 5) is 40.5. The lowest BCUT2D eigenvalue weighted by Crippen LogP contribution is -2.46. The molecule has 2 N–H and O–H groups in total. The first-order valence-electron chi connectivity index (χ1n) is 13.5. The number of amides is 1. The monoisotopic (exact) mass is 534 g/mol. The maximum atomic E-state index is 12.8. The van der Waals surface area contributed by atoms with Gasteiger partial charge in [0.2, 0.25) is 0 Å². The molecule has 202 valence electrons. The lowest BCUT2D eigenvalue weighted by atomic mass is 9.85. The van der Waals surface area contributed by atoms with Crippen molar-refractivity contribution in [2.24, 2.45) is 0 Å². The molecule has 40 heavy (non-hydrogen) atoms. The summed E-state index contributed by atoms with van der Waals surface area (Å²) in [5.74, 6) is 6.55. The van der Waals surface area contributed by atoms with Gasteiger partial charge in [0.15, 0.2) is 5.78 Å². The Balaban J connectivity index is 1.24. The summed E-state index contributed by atoms with van der Waals surface area (Å²) < 4.78 is 8.42. The van der Waals surface area contributed by atoms with E-state index in [2.05, 4.69) is 21.8 Å². The minimum Gasteiger partial charge on any atom is -0.382 e.